The first-order chi connectivity index (χ1) is 11.2. The highest BCUT2D eigenvalue weighted by molar-refractivity contribution is 7.88. The summed E-state index contributed by atoms with van der Waals surface area (Å²) in [4.78, 5) is 14.5. The van der Waals surface area contributed by atoms with Crippen LogP contribution in [0.25, 0.3) is 0 Å². The Labute approximate surface area is 147 Å². The number of benzene rings is 1. The molecule has 3 fully saturated rings. The lowest BCUT2D eigenvalue weighted by Crippen LogP contribution is -2.49. The Hall–Kier alpha value is -1.31. The van der Waals surface area contributed by atoms with E-state index in [1.807, 2.05) is 13.0 Å². The molecule has 2 amide bonds. The predicted octanol–water partition coefficient (Wildman–Crippen LogP) is 2.54. The summed E-state index contributed by atoms with van der Waals surface area (Å²) in [6.45, 7) is 3.36. The smallest absolute Gasteiger partial charge is 0.320 e. The monoisotopic (exact) mass is 371 g/mol. The van der Waals surface area contributed by atoms with Gasteiger partial charge < -0.3 is 10.2 Å². The minimum Gasteiger partial charge on any atom is -0.320 e. The van der Waals surface area contributed by atoms with Crippen LogP contribution in [-0.2, 0) is 10.0 Å². The van der Waals surface area contributed by atoms with Crippen molar-refractivity contribution in [2.75, 3.05) is 31.2 Å². The minimum atomic E-state index is -3.24. The molecule has 0 unspecified atom stereocenters. The van der Waals surface area contributed by atoms with Gasteiger partial charge in [0.1, 0.15) is 0 Å². The largest absolute Gasteiger partial charge is 0.322 e. The van der Waals surface area contributed by atoms with Crippen molar-refractivity contribution < 1.29 is 13.2 Å². The van der Waals surface area contributed by atoms with E-state index >= 15 is 0 Å². The van der Waals surface area contributed by atoms with Crippen molar-refractivity contribution in [1.29, 1.82) is 0 Å². The van der Waals surface area contributed by atoms with Crippen LogP contribution in [-0.4, -0.2) is 55.6 Å². The Balaban J connectivity index is 1.77. The van der Waals surface area contributed by atoms with Gasteiger partial charge in [-0.1, -0.05) is 17.7 Å². The molecule has 8 heteroatoms. The maximum atomic E-state index is 12.7. The number of urea groups is 1. The van der Waals surface area contributed by atoms with Gasteiger partial charge in [0, 0.05) is 36.4 Å². The van der Waals surface area contributed by atoms with E-state index < -0.39 is 10.0 Å². The van der Waals surface area contributed by atoms with Crippen molar-refractivity contribution >= 4 is 33.3 Å². The third-order valence-corrected chi connectivity index (χ3v) is 6.32. The molecule has 0 aromatic heterocycles. The Kier molecular flexibility index (Phi) is 4.77. The second-order valence-electron chi connectivity index (χ2n) is 6.72. The number of carbonyl (C=O) groups is 1. The summed E-state index contributed by atoms with van der Waals surface area (Å²) in [6, 6.07) is 5.10. The molecule has 24 heavy (non-hydrogen) atoms. The number of sulfonamides is 1. The van der Waals surface area contributed by atoms with Crippen molar-refractivity contribution in [3.05, 3.63) is 28.8 Å². The maximum absolute atomic E-state index is 12.7. The molecule has 0 aliphatic carbocycles. The molecule has 2 bridgehead atoms. The number of carbonyl (C=O) groups excluding carboxylic acids is 1. The molecule has 6 nitrogen and oxygen atoms in total. The molecular weight excluding hydrogens is 350 g/mol. The van der Waals surface area contributed by atoms with Gasteiger partial charge in [-0.15, -0.1) is 0 Å². The first kappa shape index (κ1) is 17.5. The van der Waals surface area contributed by atoms with Crippen molar-refractivity contribution in [3.8, 4) is 0 Å². The topological polar surface area (TPSA) is 69.7 Å². The number of nitrogens with zero attached hydrogens (tertiary/aromatic N) is 2. The fourth-order valence-corrected chi connectivity index (χ4v) is 4.57. The Morgan fingerprint density at radius 3 is 2.71 bits per heavy atom. The van der Waals surface area contributed by atoms with E-state index in [1.54, 1.807) is 17.0 Å². The van der Waals surface area contributed by atoms with Crippen LogP contribution < -0.4 is 5.32 Å². The third kappa shape index (κ3) is 3.68. The van der Waals surface area contributed by atoms with Crippen LogP contribution >= 0.6 is 11.6 Å². The lowest BCUT2D eigenvalue weighted by Gasteiger charge is -2.36. The van der Waals surface area contributed by atoms with Crippen molar-refractivity contribution in [2.24, 2.45) is 5.92 Å². The van der Waals surface area contributed by atoms with Crippen LogP contribution in [0.2, 0.25) is 5.02 Å². The van der Waals surface area contributed by atoms with Crippen molar-refractivity contribution in [2.45, 2.75) is 25.8 Å². The van der Waals surface area contributed by atoms with Gasteiger partial charge in [-0.25, -0.2) is 13.2 Å². The third-order valence-electron chi connectivity index (χ3n) is 4.85. The zero-order chi connectivity index (χ0) is 17.5. The van der Waals surface area contributed by atoms with Crippen LogP contribution in [0.1, 0.15) is 18.4 Å². The van der Waals surface area contributed by atoms with E-state index in [4.69, 9.17) is 11.6 Å². The van der Waals surface area contributed by atoms with Crippen molar-refractivity contribution in [3.63, 3.8) is 0 Å². The molecule has 3 heterocycles. The van der Waals surface area contributed by atoms with Gasteiger partial charge in [0.2, 0.25) is 10.0 Å². The number of anilines is 1. The molecule has 1 aromatic carbocycles. The van der Waals surface area contributed by atoms with Gasteiger partial charge in [-0.05, 0) is 43.4 Å². The molecule has 4 rings (SSSR count). The molecule has 3 saturated heterocycles. The number of rotatable bonds is 2. The zero-order valence-electron chi connectivity index (χ0n) is 13.8. The van der Waals surface area contributed by atoms with Crippen LogP contribution in [0.5, 0.6) is 0 Å². The van der Waals surface area contributed by atoms with E-state index in [0.29, 0.717) is 30.3 Å². The second-order valence-corrected chi connectivity index (χ2v) is 9.14. The quantitative estimate of drug-likeness (QED) is 0.868. The lowest BCUT2D eigenvalue weighted by molar-refractivity contribution is 0.153. The first-order valence-electron chi connectivity index (χ1n) is 8.03. The van der Waals surface area contributed by atoms with Crippen LogP contribution in [0, 0.1) is 12.8 Å². The van der Waals surface area contributed by atoms with Gasteiger partial charge in [0.05, 0.1) is 6.26 Å². The number of hydrogen-bond donors (Lipinski definition) is 1. The summed E-state index contributed by atoms with van der Waals surface area (Å²) >= 11 is 6.01. The summed E-state index contributed by atoms with van der Waals surface area (Å²) in [7, 11) is -3.24. The maximum Gasteiger partial charge on any atom is 0.322 e. The van der Waals surface area contributed by atoms with E-state index in [2.05, 4.69) is 5.32 Å². The standard InChI is InChI=1S/C16H22ClN3O3S/c1-11-3-5-13(17)7-15(11)18-16(21)20-9-12-4-6-14(20)10-19(8-12)24(2,22)23/h3,5,7,12,14H,4,6,8-10H2,1-2H3,(H,18,21)/t12-,14+/m0/s1. The predicted molar refractivity (Wildman–Crippen MR) is 94.8 cm³/mol. The van der Waals surface area contributed by atoms with Gasteiger partial charge >= 0.3 is 6.03 Å². The van der Waals surface area contributed by atoms with Crippen LogP contribution in [0.15, 0.2) is 18.2 Å². The van der Waals surface area contributed by atoms with Crippen LogP contribution in [0.4, 0.5) is 10.5 Å². The summed E-state index contributed by atoms with van der Waals surface area (Å²) < 4.78 is 25.3. The molecule has 1 N–H and O–H groups in total. The molecular formula is C16H22ClN3O3S. The van der Waals surface area contributed by atoms with Gasteiger partial charge in [0.25, 0.3) is 0 Å². The normalized spacial score (nSPS) is 24.7. The van der Waals surface area contributed by atoms with Gasteiger partial charge in [-0.3, -0.25) is 0 Å². The van der Waals surface area contributed by atoms with Crippen LogP contribution in [0.3, 0.4) is 0 Å². The summed E-state index contributed by atoms with van der Waals surface area (Å²) in [5.41, 5.74) is 1.62. The number of fused-ring (bicyclic) bond motifs is 4. The molecule has 0 saturated carbocycles. The Morgan fingerprint density at radius 1 is 1.25 bits per heavy atom. The van der Waals surface area contributed by atoms with E-state index in [0.717, 1.165) is 18.4 Å². The molecule has 0 spiro atoms. The highest BCUT2D eigenvalue weighted by atomic mass is 35.5. The number of piperidine rings is 1. The first-order valence-corrected chi connectivity index (χ1v) is 10.3. The molecule has 132 valence electrons. The van der Waals surface area contributed by atoms with Gasteiger partial charge in [-0.2, -0.15) is 4.31 Å². The molecule has 2 atom stereocenters. The summed E-state index contributed by atoms with van der Waals surface area (Å²) in [5, 5.41) is 3.49. The number of amides is 2. The van der Waals surface area contributed by atoms with Crippen molar-refractivity contribution in [1.82, 2.24) is 9.21 Å². The Bertz CT molecular complexity index is 753. The number of halogens is 1. The fraction of sp³-hybridized carbons (Fsp3) is 0.562. The SMILES string of the molecule is Cc1ccc(Cl)cc1NC(=O)N1C[C@H]2CC[C@@H]1CN(S(C)(=O)=O)C2. The average Bonchev–Trinajstić information content (AvgIpc) is 2.82. The summed E-state index contributed by atoms with van der Waals surface area (Å²) in [6.07, 6.45) is 3.02. The second kappa shape index (κ2) is 6.54. The molecule has 3 aliphatic heterocycles. The average molecular weight is 372 g/mol. The lowest BCUT2D eigenvalue weighted by atomic mass is 9.95. The number of hydrogen-bond acceptors (Lipinski definition) is 3. The van der Waals surface area contributed by atoms with E-state index in [1.165, 1.54) is 10.6 Å². The molecule has 3 aliphatic rings. The number of nitrogens with one attached hydrogen (secondary N) is 1. The fourth-order valence-electron chi connectivity index (χ4n) is 3.47. The number of aryl methyl sites for hydroxylation is 1. The Morgan fingerprint density at radius 2 is 2.00 bits per heavy atom. The molecule has 0 radical (unpaired) electrons. The summed E-state index contributed by atoms with van der Waals surface area (Å²) in [5.74, 6) is 0.185. The zero-order valence-corrected chi connectivity index (χ0v) is 15.4. The highest BCUT2D eigenvalue weighted by Gasteiger charge is 2.39. The molecule has 1 aromatic rings. The van der Waals surface area contributed by atoms with E-state index in [-0.39, 0.29) is 18.0 Å². The van der Waals surface area contributed by atoms with Gasteiger partial charge in [0.15, 0.2) is 0 Å². The van der Waals surface area contributed by atoms with E-state index in [9.17, 15) is 13.2 Å². The highest BCUT2D eigenvalue weighted by Crippen LogP contribution is 2.30. The minimum absolute atomic E-state index is 0.0852.